The molecule has 16 heavy (non-hydrogen) atoms. The quantitative estimate of drug-likeness (QED) is 0.827. The van der Waals surface area contributed by atoms with Crippen molar-refractivity contribution in [1.82, 2.24) is 0 Å². The third-order valence-corrected chi connectivity index (χ3v) is 3.68. The molecule has 0 radical (unpaired) electrons. The minimum Gasteiger partial charge on any atom is -0.324 e. The number of nitrogens with two attached hydrogens (primary N) is 1. The molecule has 1 aromatic rings. The lowest BCUT2D eigenvalue weighted by molar-refractivity contribution is 0.439. The molecule has 0 aromatic heterocycles. The summed E-state index contributed by atoms with van der Waals surface area (Å²) in [5.74, 6) is 0.586. The summed E-state index contributed by atoms with van der Waals surface area (Å²) in [6.45, 7) is 1.79. The Morgan fingerprint density at radius 3 is 2.75 bits per heavy atom. The van der Waals surface area contributed by atoms with Crippen LogP contribution >= 0.6 is 0 Å². The molecule has 1 atom stereocenters. The van der Waals surface area contributed by atoms with E-state index in [9.17, 15) is 4.39 Å². The van der Waals surface area contributed by atoms with Gasteiger partial charge in [0.25, 0.3) is 0 Å². The molecule has 0 bridgehead atoms. The Hall–Kier alpha value is -0.890. The van der Waals surface area contributed by atoms with E-state index in [1.54, 1.807) is 13.0 Å². The van der Waals surface area contributed by atoms with Crippen molar-refractivity contribution in [2.24, 2.45) is 11.7 Å². The van der Waals surface area contributed by atoms with Crippen LogP contribution in [0, 0.1) is 18.7 Å². The van der Waals surface area contributed by atoms with Gasteiger partial charge in [0.15, 0.2) is 0 Å². The maximum Gasteiger partial charge on any atom is 0.130 e. The van der Waals surface area contributed by atoms with E-state index in [0.29, 0.717) is 17.0 Å². The van der Waals surface area contributed by atoms with E-state index in [1.807, 2.05) is 12.1 Å². The molecular weight excluding hydrogens is 201 g/mol. The van der Waals surface area contributed by atoms with Crippen LogP contribution in [0.1, 0.15) is 49.3 Å². The molecule has 1 nitrogen and oxygen atoms in total. The summed E-state index contributed by atoms with van der Waals surface area (Å²) in [5, 5.41) is 0. The molecule has 0 saturated heterocycles. The third-order valence-electron chi connectivity index (χ3n) is 3.68. The number of hydrogen-bond donors (Lipinski definition) is 1. The predicted octanol–water partition coefficient (Wildman–Crippen LogP) is 3.71. The lowest BCUT2D eigenvalue weighted by Gasteiger charge is -2.17. The highest BCUT2D eigenvalue weighted by Gasteiger charge is 2.20. The van der Waals surface area contributed by atoms with Crippen LogP contribution in [0.5, 0.6) is 0 Å². The summed E-state index contributed by atoms with van der Waals surface area (Å²) >= 11 is 0. The Morgan fingerprint density at radius 2 is 2.06 bits per heavy atom. The van der Waals surface area contributed by atoms with Crippen molar-refractivity contribution in [2.75, 3.05) is 0 Å². The largest absolute Gasteiger partial charge is 0.324 e. The molecule has 88 valence electrons. The Morgan fingerprint density at radius 1 is 1.38 bits per heavy atom. The van der Waals surface area contributed by atoms with E-state index in [1.165, 1.54) is 25.7 Å². The van der Waals surface area contributed by atoms with Gasteiger partial charge in [-0.15, -0.1) is 0 Å². The van der Waals surface area contributed by atoms with Gasteiger partial charge in [-0.1, -0.05) is 43.9 Å². The molecule has 1 fully saturated rings. The molecule has 2 heteroatoms. The van der Waals surface area contributed by atoms with Gasteiger partial charge in [0.1, 0.15) is 5.82 Å². The highest BCUT2D eigenvalue weighted by molar-refractivity contribution is 5.27. The summed E-state index contributed by atoms with van der Waals surface area (Å²) in [6.07, 6.45) is 6.09. The first-order valence-corrected chi connectivity index (χ1v) is 6.19. The van der Waals surface area contributed by atoms with Gasteiger partial charge in [-0.25, -0.2) is 4.39 Å². The zero-order valence-electron chi connectivity index (χ0n) is 9.88. The number of halogens is 1. The van der Waals surface area contributed by atoms with E-state index in [-0.39, 0.29) is 11.9 Å². The summed E-state index contributed by atoms with van der Waals surface area (Å²) in [6, 6.07) is 5.37. The molecule has 1 saturated carbocycles. The average Bonchev–Trinajstić information content (AvgIpc) is 2.74. The molecule has 0 spiro atoms. The second-order valence-corrected chi connectivity index (χ2v) is 4.97. The number of hydrogen-bond acceptors (Lipinski definition) is 1. The standard InChI is InChI=1S/C14H20FN/c1-10-5-4-8-12(14(10)15)13(16)9-11-6-2-3-7-11/h4-5,8,11,13H,2-3,6-7,9,16H2,1H3. The average molecular weight is 221 g/mol. The van der Waals surface area contributed by atoms with Crippen molar-refractivity contribution in [3.05, 3.63) is 35.1 Å². The van der Waals surface area contributed by atoms with E-state index in [2.05, 4.69) is 0 Å². The molecule has 2 N–H and O–H groups in total. The summed E-state index contributed by atoms with van der Waals surface area (Å²) in [7, 11) is 0. The molecule has 1 aliphatic rings. The van der Waals surface area contributed by atoms with Crippen LogP contribution in [0.3, 0.4) is 0 Å². The van der Waals surface area contributed by atoms with E-state index >= 15 is 0 Å². The lowest BCUT2D eigenvalue weighted by atomic mass is 9.93. The van der Waals surface area contributed by atoms with Crippen LogP contribution in [0.15, 0.2) is 18.2 Å². The van der Waals surface area contributed by atoms with Crippen LogP contribution in [0.4, 0.5) is 4.39 Å². The van der Waals surface area contributed by atoms with Gasteiger partial charge in [0, 0.05) is 11.6 Å². The minimum absolute atomic E-state index is 0.118. The van der Waals surface area contributed by atoms with Crippen molar-refractivity contribution < 1.29 is 4.39 Å². The van der Waals surface area contributed by atoms with Crippen molar-refractivity contribution in [1.29, 1.82) is 0 Å². The maximum absolute atomic E-state index is 13.8. The fourth-order valence-electron chi connectivity index (χ4n) is 2.69. The molecule has 1 aliphatic carbocycles. The zero-order valence-corrected chi connectivity index (χ0v) is 9.88. The molecule has 1 aromatic carbocycles. The summed E-state index contributed by atoms with van der Waals surface area (Å²) in [4.78, 5) is 0. The molecule has 0 aliphatic heterocycles. The van der Waals surface area contributed by atoms with E-state index in [4.69, 9.17) is 5.73 Å². The van der Waals surface area contributed by atoms with Gasteiger partial charge in [-0.2, -0.15) is 0 Å². The van der Waals surface area contributed by atoms with Crippen LogP contribution in [-0.2, 0) is 0 Å². The van der Waals surface area contributed by atoms with Crippen LogP contribution in [0.25, 0.3) is 0 Å². The van der Waals surface area contributed by atoms with Gasteiger partial charge in [0.05, 0.1) is 0 Å². The highest BCUT2D eigenvalue weighted by Crippen LogP contribution is 2.32. The normalized spacial score (nSPS) is 18.9. The first-order valence-electron chi connectivity index (χ1n) is 6.19. The molecule has 1 unspecified atom stereocenters. The van der Waals surface area contributed by atoms with Crippen molar-refractivity contribution in [3.8, 4) is 0 Å². The van der Waals surface area contributed by atoms with Crippen LogP contribution in [0.2, 0.25) is 0 Å². The Balaban J connectivity index is 2.07. The second kappa shape index (κ2) is 4.96. The summed E-state index contributed by atoms with van der Waals surface area (Å²) in [5.41, 5.74) is 7.49. The third kappa shape index (κ3) is 2.43. The highest BCUT2D eigenvalue weighted by atomic mass is 19.1. The van der Waals surface area contributed by atoms with Gasteiger partial charge < -0.3 is 5.73 Å². The molecule has 0 amide bonds. The SMILES string of the molecule is Cc1cccc(C(N)CC2CCCC2)c1F. The Kier molecular flexibility index (Phi) is 3.59. The van der Waals surface area contributed by atoms with Crippen molar-refractivity contribution >= 4 is 0 Å². The minimum atomic E-state index is -0.136. The zero-order chi connectivity index (χ0) is 11.5. The van der Waals surface area contributed by atoms with Crippen molar-refractivity contribution in [2.45, 2.75) is 45.1 Å². The number of aryl methyl sites for hydroxylation is 1. The maximum atomic E-state index is 13.8. The Bertz CT molecular complexity index is 356. The number of benzene rings is 1. The van der Waals surface area contributed by atoms with Gasteiger partial charge >= 0.3 is 0 Å². The molecular formula is C14H20FN. The molecule has 0 heterocycles. The topological polar surface area (TPSA) is 26.0 Å². The molecule has 2 rings (SSSR count). The van der Waals surface area contributed by atoms with E-state index in [0.717, 1.165) is 6.42 Å². The Labute approximate surface area is 96.9 Å². The van der Waals surface area contributed by atoms with Crippen LogP contribution in [-0.4, -0.2) is 0 Å². The lowest BCUT2D eigenvalue weighted by Crippen LogP contribution is -2.16. The first kappa shape index (κ1) is 11.6. The van der Waals surface area contributed by atoms with Crippen molar-refractivity contribution in [3.63, 3.8) is 0 Å². The fourth-order valence-corrected chi connectivity index (χ4v) is 2.69. The van der Waals surface area contributed by atoms with Gasteiger partial charge in [0.2, 0.25) is 0 Å². The predicted molar refractivity (Wildman–Crippen MR) is 64.6 cm³/mol. The monoisotopic (exact) mass is 221 g/mol. The first-order chi connectivity index (χ1) is 7.68. The fraction of sp³-hybridized carbons (Fsp3) is 0.571. The second-order valence-electron chi connectivity index (χ2n) is 4.97. The van der Waals surface area contributed by atoms with Crippen LogP contribution < -0.4 is 5.73 Å². The summed E-state index contributed by atoms with van der Waals surface area (Å²) < 4.78 is 13.8. The van der Waals surface area contributed by atoms with Gasteiger partial charge in [-0.05, 0) is 24.8 Å². The number of rotatable bonds is 3. The smallest absolute Gasteiger partial charge is 0.130 e. The van der Waals surface area contributed by atoms with E-state index < -0.39 is 0 Å². The van der Waals surface area contributed by atoms with Gasteiger partial charge in [-0.3, -0.25) is 0 Å².